The van der Waals surface area contributed by atoms with Gasteiger partial charge in [0.1, 0.15) is 6.29 Å². The molecule has 5 heteroatoms. The quantitative estimate of drug-likeness (QED) is 0.758. The number of hydrogen-bond acceptors (Lipinski definition) is 5. The highest BCUT2D eigenvalue weighted by molar-refractivity contribution is 5.60. The number of hydrogen-bond donors (Lipinski definition) is 0. The zero-order valence-electron chi connectivity index (χ0n) is 10.4. The van der Waals surface area contributed by atoms with E-state index < -0.39 is 0 Å². The van der Waals surface area contributed by atoms with Gasteiger partial charge in [-0.3, -0.25) is 0 Å². The van der Waals surface area contributed by atoms with E-state index in [1.807, 2.05) is 0 Å². The lowest BCUT2D eigenvalue weighted by Gasteiger charge is -2.50. The number of nitrogens with zero attached hydrogens (tertiary/aromatic N) is 2. The van der Waals surface area contributed by atoms with Gasteiger partial charge in [-0.15, -0.1) is 0 Å². The van der Waals surface area contributed by atoms with E-state index >= 15 is 0 Å². The van der Waals surface area contributed by atoms with E-state index in [2.05, 4.69) is 9.97 Å². The molecule has 1 aromatic heterocycles. The Bertz CT molecular complexity index is 433. The van der Waals surface area contributed by atoms with Crippen LogP contribution in [0.1, 0.15) is 31.2 Å². The largest absolute Gasteiger partial charge is 0.467 e. The van der Waals surface area contributed by atoms with Gasteiger partial charge in [0.05, 0.1) is 19.3 Å². The maximum absolute atomic E-state index is 11.1. The van der Waals surface area contributed by atoms with Crippen molar-refractivity contribution in [3.05, 3.63) is 18.0 Å². The third-order valence-corrected chi connectivity index (χ3v) is 4.28. The van der Waals surface area contributed by atoms with Crippen LogP contribution >= 0.6 is 0 Å². The molecule has 0 radical (unpaired) electrons. The van der Waals surface area contributed by atoms with Crippen LogP contribution in [0.25, 0.3) is 0 Å². The third kappa shape index (κ3) is 1.61. The predicted molar refractivity (Wildman–Crippen MR) is 63.2 cm³/mol. The molecule has 2 bridgehead atoms. The third-order valence-electron chi connectivity index (χ3n) is 4.28. The highest BCUT2D eigenvalue weighted by Gasteiger charge is 2.50. The fraction of sp³-hybridized carbons (Fsp3) is 0.615. The normalized spacial score (nSPS) is 34.3. The highest BCUT2D eigenvalue weighted by atomic mass is 16.5. The van der Waals surface area contributed by atoms with Gasteiger partial charge in [0.25, 0.3) is 0 Å². The molecule has 0 atom stereocenters. The average Bonchev–Trinajstić information content (AvgIpc) is 2.49. The van der Waals surface area contributed by atoms with Gasteiger partial charge in [-0.05, 0) is 25.7 Å². The predicted octanol–water partition coefficient (Wildman–Crippen LogP) is 1.47. The van der Waals surface area contributed by atoms with Gasteiger partial charge in [-0.2, -0.15) is 0 Å². The van der Waals surface area contributed by atoms with Crippen molar-refractivity contribution in [1.82, 2.24) is 9.97 Å². The van der Waals surface area contributed by atoms with Crippen LogP contribution in [0.3, 0.4) is 0 Å². The van der Waals surface area contributed by atoms with Gasteiger partial charge < -0.3 is 14.3 Å². The van der Waals surface area contributed by atoms with Crippen LogP contribution in [0.4, 0.5) is 0 Å². The minimum Gasteiger partial charge on any atom is -0.467 e. The lowest BCUT2D eigenvalue weighted by Crippen LogP contribution is -2.50. The first-order valence-corrected chi connectivity index (χ1v) is 6.19. The minimum atomic E-state index is -0.295. The molecule has 1 aromatic rings. The molecule has 3 heterocycles. The van der Waals surface area contributed by atoms with Crippen molar-refractivity contribution < 1.29 is 14.3 Å². The first-order chi connectivity index (χ1) is 8.72. The molecular formula is C13H16N2O3. The second kappa shape index (κ2) is 4.02. The highest BCUT2D eigenvalue weighted by Crippen LogP contribution is 2.52. The molecule has 1 saturated carbocycles. The van der Waals surface area contributed by atoms with Crippen molar-refractivity contribution in [3.8, 4) is 6.01 Å². The van der Waals surface area contributed by atoms with Crippen molar-refractivity contribution in [3.63, 3.8) is 0 Å². The Morgan fingerprint density at radius 2 is 1.94 bits per heavy atom. The van der Waals surface area contributed by atoms with Gasteiger partial charge >= 0.3 is 6.01 Å². The molecule has 0 amide bonds. The van der Waals surface area contributed by atoms with Crippen molar-refractivity contribution in [2.45, 2.75) is 31.3 Å². The average molecular weight is 248 g/mol. The van der Waals surface area contributed by atoms with Crippen LogP contribution in [0.15, 0.2) is 12.4 Å². The second-order valence-electron chi connectivity index (χ2n) is 5.22. The molecule has 0 aromatic carbocycles. The van der Waals surface area contributed by atoms with Gasteiger partial charge in [0.2, 0.25) is 0 Å². The first kappa shape index (κ1) is 11.6. The topological polar surface area (TPSA) is 61.3 Å². The minimum absolute atomic E-state index is 0.241. The molecule has 1 aliphatic carbocycles. The second-order valence-corrected chi connectivity index (χ2v) is 5.22. The fourth-order valence-corrected chi connectivity index (χ4v) is 2.90. The molecular weight excluding hydrogens is 232 g/mol. The van der Waals surface area contributed by atoms with Crippen molar-refractivity contribution in [2.75, 3.05) is 13.7 Å². The van der Waals surface area contributed by atoms with Crippen LogP contribution in [0.5, 0.6) is 6.01 Å². The summed E-state index contributed by atoms with van der Waals surface area (Å²) in [5, 5.41) is 0. The number of ether oxygens (including phenoxy) is 2. The summed E-state index contributed by atoms with van der Waals surface area (Å²) >= 11 is 0. The van der Waals surface area contributed by atoms with E-state index in [-0.39, 0.29) is 11.0 Å². The smallest absolute Gasteiger partial charge is 0.316 e. The molecule has 2 aliphatic heterocycles. The summed E-state index contributed by atoms with van der Waals surface area (Å²) < 4.78 is 10.9. The number of fused-ring (bicyclic) bond motifs is 3. The molecule has 0 unspecified atom stereocenters. The molecule has 5 nitrogen and oxygen atoms in total. The van der Waals surface area contributed by atoms with Crippen LogP contribution in [0, 0.1) is 5.41 Å². The Kier molecular flexibility index (Phi) is 2.59. The number of aldehydes is 1. The lowest BCUT2D eigenvalue weighted by atomic mass is 9.65. The summed E-state index contributed by atoms with van der Waals surface area (Å²) in [6.45, 7) is 0.516. The SMILES string of the molecule is COc1ncc(C23CCC(C=O)(CC2)CO3)cn1. The monoisotopic (exact) mass is 248 g/mol. The number of aromatic nitrogens is 2. The van der Waals surface area contributed by atoms with Gasteiger partial charge in [0.15, 0.2) is 0 Å². The summed E-state index contributed by atoms with van der Waals surface area (Å²) in [5.74, 6) is 0. The first-order valence-electron chi connectivity index (χ1n) is 6.19. The van der Waals surface area contributed by atoms with Crippen molar-refractivity contribution in [2.24, 2.45) is 5.41 Å². The molecule has 0 spiro atoms. The molecule has 2 saturated heterocycles. The Morgan fingerprint density at radius 3 is 2.39 bits per heavy atom. The van der Waals surface area contributed by atoms with E-state index in [4.69, 9.17) is 9.47 Å². The summed E-state index contributed by atoms with van der Waals surface area (Å²) in [4.78, 5) is 19.4. The zero-order valence-corrected chi connectivity index (χ0v) is 10.4. The van der Waals surface area contributed by atoms with Crippen LogP contribution in [-0.4, -0.2) is 30.0 Å². The van der Waals surface area contributed by atoms with Crippen molar-refractivity contribution in [1.29, 1.82) is 0 Å². The van der Waals surface area contributed by atoms with Crippen LogP contribution in [-0.2, 0) is 15.1 Å². The molecule has 4 rings (SSSR count). The van der Waals surface area contributed by atoms with Crippen LogP contribution in [0.2, 0.25) is 0 Å². The Labute approximate surface area is 106 Å². The molecule has 0 N–H and O–H groups in total. The number of carbonyl (C=O) groups is 1. The summed E-state index contributed by atoms with van der Waals surface area (Å²) in [5.41, 5.74) is 0.453. The van der Waals surface area contributed by atoms with E-state index in [0.29, 0.717) is 12.6 Å². The van der Waals surface area contributed by atoms with E-state index in [9.17, 15) is 4.79 Å². The van der Waals surface area contributed by atoms with E-state index in [1.54, 1.807) is 19.5 Å². The van der Waals surface area contributed by atoms with Gasteiger partial charge in [-0.1, -0.05) is 0 Å². The molecule has 3 aliphatic rings. The molecule has 3 fully saturated rings. The van der Waals surface area contributed by atoms with Gasteiger partial charge in [-0.25, -0.2) is 9.97 Å². The van der Waals surface area contributed by atoms with E-state index in [1.165, 1.54) is 0 Å². The summed E-state index contributed by atoms with van der Waals surface area (Å²) in [6.07, 6.45) is 8.12. The molecule has 18 heavy (non-hydrogen) atoms. The standard InChI is InChI=1S/C13H16N2O3/c1-17-11-14-6-10(7-15-11)13-4-2-12(8-16,3-5-13)9-18-13/h6-8H,2-5,9H2,1H3. The Balaban J connectivity index is 1.86. The van der Waals surface area contributed by atoms with Crippen molar-refractivity contribution >= 4 is 6.29 Å². The zero-order chi connectivity index (χ0) is 12.6. The number of methoxy groups -OCH3 is 1. The van der Waals surface area contributed by atoms with E-state index in [0.717, 1.165) is 37.5 Å². The Hall–Kier alpha value is -1.49. The van der Waals surface area contributed by atoms with Gasteiger partial charge in [0, 0.05) is 23.4 Å². The van der Waals surface area contributed by atoms with Crippen LogP contribution < -0.4 is 4.74 Å². The molecule has 96 valence electrons. The maximum atomic E-state index is 11.1. The number of rotatable bonds is 3. The summed E-state index contributed by atoms with van der Waals surface area (Å²) in [7, 11) is 1.55. The Morgan fingerprint density at radius 1 is 1.28 bits per heavy atom. The number of carbonyl (C=O) groups excluding carboxylic acids is 1. The lowest BCUT2D eigenvalue weighted by molar-refractivity contribution is -0.186. The fourth-order valence-electron chi connectivity index (χ4n) is 2.90. The summed E-state index contributed by atoms with van der Waals surface area (Å²) in [6, 6.07) is 0.365. The maximum Gasteiger partial charge on any atom is 0.316 e.